The van der Waals surface area contributed by atoms with E-state index in [0.717, 1.165) is 12.8 Å². The highest BCUT2D eigenvalue weighted by molar-refractivity contribution is 7.92. The molecule has 1 saturated heterocycles. The van der Waals surface area contributed by atoms with Gasteiger partial charge in [-0.1, -0.05) is 11.6 Å². The molecule has 1 fully saturated rings. The molecule has 0 spiro atoms. The van der Waals surface area contributed by atoms with Crippen LogP contribution in [0, 0.1) is 0 Å². The number of rotatable bonds is 5. The lowest BCUT2D eigenvalue weighted by atomic mass is 10.1. The van der Waals surface area contributed by atoms with E-state index in [1.165, 1.54) is 25.3 Å². The molecule has 1 heterocycles. The Kier molecular flexibility index (Phi) is 5.38. The molecule has 6 nitrogen and oxygen atoms in total. The highest BCUT2D eigenvalue weighted by Gasteiger charge is 2.21. The van der Waals surface area contributed by atoms with Crippen LogP contribution in [0.3, 0.4) is 0 Å². The van der Waals surface area contributed by atoms with E-state index in [2.05, 4.69) is 4.72 Å². The number of hydrogen-bond donors (Lipinski definition) is 1. The van der Waals surface area contributed by atoms with Gasteiger partial charge in [-0.3, -0.25) is 9.52 Å². The van der Waals surface area contributed by atoms with Crippen molar-refractivity contribution in [2.75, 3.05) is 23.3 Å². The number of carbonyl (C=O) groups excluding carboxylic acids is 1. The number of piperidine rings is 1. The van der Waals surface area contributed by atoms with Crippen molar-refractivity contribution < 1.29 is 17.9 Å². The first-order valence-corrected chi connectivity index (χ1v) is 10.0. The van der Waals surface area contributed by atoms with Crippen molar-refractivity contribution in [2.45, 2.75) is 24.2 Å². The zero-order valence-corrected chi connectivity index (χ0v) is 15.8. The van der Waals surface area contributed by atoms with E-state index in [0.29, 0.717) is 29.4 Å². The third-order valence-corrected chi connectivity index (χ3v) is 5.80. The molecule has 0 atom stereocenters. The molecule has 1 aliphatic rings. The highest BCUT2D eigenvalue weighted by Crippen LogP contribution is 2.30. The molecule has 26 heavy (non-hydrogen) atoms. The molecule has 2 aromatic carbocycles. The van der Waals surface area contributed by atoms with Crippen LogP contribution < -0.4 is 14.4 Å². The Bertz CT molecular complexity index is 913. The summed E-state index contributed by atoms with van der Waals surface area (Å²) in [6, 6.07) is 10.9. The highest BCUT2D eigenvalue weighted by atomic mass is 35.5. The molecule has 1 aliphatic heterocycles. The fourth-order valence-electron chi connectivity index (χ4n) is 2.85. The fourth-order valence-corrected chi connectivity index (χ4v) is 4.08. The van der Waals surface area contributed by atoms with Gasteiger partial charge >= 0.3 is 0 Å². The van der Waals surface area contributed by atoms with Crippen molar-refractivity contribution in [1.29, 1.82) is 0 Å². The number of amides is 1. The van der Waals surface area contributed by atoms with E-state index < -0.39 is 10.0 Å². The Hall–Kier alpha value is -2.25. The summed E-state index contributed by atoms with van der Waals surface area (Å²) >= 11 is 5.94. The molecule has 138 valence electrons. The molecular formula is C18H19ClN2O4S. The van der Waals surface area contributed by atoms with E-state index in [-0.39, 0.29) is 16.5 Å². The minimum absolute atomic E-state index is 0.0636. The van der Waals surface area contributed by atoms with Crippen LogP contribution in [-0.2, 0) is 14.8 Å². The number of benzene rings is 2. The standard InChI is InChI=1S/C18H19ClN2O4S/c1-25-17-10-5-13(19)12-16(17)20-26(23,24)15-8-6-14(7-9-15)21-11-3-2-4-18(21)22/h5-10,12,20H,2-4,11H2,1H3. The molecule has 0 aromatic heterocycles. The van der Waals surface area contributed by atoms with Gasteiger partial charge in [-0.2, -0.15) is 0 Å². The van der Waals surface area contributed by atoms with Crippen LogP contribution in [0.4, 0.5) is 11.4 Å². The second kappa shape index (κ2) is 7.55. The van der Waals surface area contributed by atoms with Crippen LogP contribution in [0.5, 0.6) is 5.75 Å². The first-order chi connectivity index (χ1) is 12.4. The number of halogens is 1. The number of nitrogens with one attached hydrogen (secondary N) is 1. The van der Waals surface area contributed by atoms with Gasteiger partial charge in [-0.25, -0.2) is 8.42 Å². The first-order valence-electron chi connectivity index (χ1n) is 8.17. The minimum Gasteiger partial charge on any atom is -0.495 e. The number of carbonyl (C=O) groups is 1. The van der Waals surface area contributed by atoms with E-state index in [1.54, 1.807) is 29.2 Å². The third-order valence-electron chi connectivity index (χ3n) is 4.19. The Balaban J connectivity index is 1.84. The van der Waals surface area contributed by atoms with Crippen LogP contribution in [0.25, 0.3) is 0 Å². The minimum atomic E-state index is -3.82. The summed E-state index contributed by atoms with van der Waals surface area (Å²) in [5.41, 5.74) is 0.962. The van der Waals surface area contributed by atoms with Gasteiger partial charge in [0.25, 0.3) is 10.0 Å². The first kappa shape index (κ1) is 18.5. The molecule has 1 amide bonds. The van der Waals surface area contributed by atoms with Crippen molar-refractivity contribution >= 4 is 38.9 Å². The molecule has 0 radical (unpaired) electrons. The summed E-state index contributed by atoms with van der Waals surface area (Å²) in [7, 11) is -2.37. The zero-order valence-electron chi connectivity index (χ0n) is 14.2. The van der Waals surface area contributed by atoms with Gasteiger partial charge < -0.3 is 9.64 Å². The predicted molar refractivity (Wildman–Crippen MR) is 101 cm³/mol. The van der Waals surface area contributed by atoms with Crippen molar-refractivity contribution in [1.82, 2.24) is 0 Å². The van der Waals surface area contributed by atoms with E-state index in [4.69, 9.17) is 16.3 Å². The second-order valence-electron chi connectivity index (χ2n) is 5.95. The third kappa shape index (κ3) is 3.94. The van der Waals surface area contributed by atoms with Crippen LogP contribution in [0.15, 0.2) is 47.4 Å². The molecule has 2 aromatic rings. The number of hydrogen-bond acceptors (Lipinski definition) is 4. The smallest absolute Gasteiger partial charge is 0.262 e. The van der Waals surface area contributed by atoms with Crippen LogP contribution in [-0.4, -0.2) is 28.0 Å². The van der Waals surface area contributed by atoms with Gasteiger partial charge in [0.05, 0.1) is 17.7 Å². The van der Waals surface area contributed by atoms with Gasteiger partial charge in [0.15, 0.2) is 0 Å². The Morgan fingerprint density at radius 1 is 1.12 bits per heavy atom. The van der Waals surface area contributed by atoms with Crippen molar-refractivity contribution in [3.8, 4) is 5.75 Å². The van der Waals surface area contributed by atoms with E-state index in [9.17, 15) is 13.2 Å². The molecule has 1 N–H and O–H groups in total. The predicted octanol–water partition coefficient (Wildman–Crippen LogP) is 3.67. The van der Waals surface area contributed by atoms with Crippen LogP contribution in [0.2, 0.25) is 5.02 Å². The fraction of sp³-hybridized carbons (Fsp3) is 0.278. The van der Waals surface area contributed by atoms with Gasteiger partial charge in [0.1, 0.15) is 5.75 Å². The monoisotopic (exact) mass is 394 g/mol. The number of anilines is 2. The topological polar surface area (TPSA) is 75.7 Å². The zero-order chi connectivity index (χ0) is 18.7. The largest absolute Gasteiger partial charge is 0.495 e. The summed E-state index contributed by atoms with van der Waals surface area (Å²) in [4.78, 5) is 13.8. The van der Waals surface area contributed by atoms with Gasteiger partial charge in [-0.15, -0.1) is 0 Å². The number of methoxy groups -OCH3 is 1. The number of nitrogens with zero attached hydrogens (tertiary/aromatic N) is 1. The Morgan fingerprint density at radius 3 is 2.50 bits per heavy atom. The molecular weight excluding hydrogens is 376 g/mol. The summed E-state index contributed by atoms with van der Waals surface area (Å²) < 4.78 is 32.9. The Labute approximate surface area is 157 Å². The molecule has 0 unspecified atom stereocenters. The number of sulfonamides is 1. The second-order valence-corrected chi connectivity index (χ2v) is 8.07. The average Bonchev–Trinajstić information content (AvgIpc) is 2.62. The molecule has 0 saturated carbocycles. The maximum atomic E-state index is 12.6. The van der Waals surface area contributed by atoms with E-state index >= 15 is 0 Å². The maximum absolute atomic E-state index is 12.6. The summed E-state index contributed by atoms with van der Waals surface area (Å²) in [5, 5.41) is 0.391. The van der Waals surface area contributed by atoms with Gasteiger partial charge in [0.2, 0.25) is 5.91 Å². The normalized spacial score (nSPS) is 15.0. The lowest BCUT2D eigenvalue weighted by Crippen LogP contribution is -2.35. The van der Waals surface area contributed by atoms with Crippen molar-refractivity contribution in [2.24, 2.45) is 0 Å². The van der Waals surface area contributed by atoms with Crippen molar-refractivity contribution in [3.05, 3.63) is 47.5 Å². The molecule has 0 bridgehead atoms. The lowest BCUT2D eigenvalue weighted by molar-refractivity contribution is -0.119. The average molecular weight is 395 g/mol. The number of ether oxygens (including phenoxy) is 1. The quantitative estimate of drug-likeness (QED) is 0.839. The summed E-state index contributed by atoms with van der Waals surface area (Å²) in [6.45, 7) is 0.656. The summed E-state index contributed by atoms with van der Waals surface area (Å²) in [6.07, 6.45) is 2.37. The molecule has 3 rings (SSSR count). The Morgan fingerprint density at radius 2 is 1.85 bits per heavy atom. The molecule has 8 heteroatoms. The molecule has 0 aliphatic carbocycles. The maximum Gasteiger partial charge on any atom is 0.262 e. The van der Waals surface area contributed by atoms with Gasteiger partial charge in [-0.05, 0) is 55.3 Å². The SMILES string of the molecule is COc1ccc(Cl)cc1NS(=O)(=O)c1ccc(N2CCCCC2=O)cc1. The van der Waals surface area contributed by atoms with Crippen LogP contribution in [0.1, 0.15) is 19.3 Å². The lowest BCUT2D eigenvalue weighted by Gasteiger charge is -2.26. The van der Waals surface area contributed by atoms with Crippen molar-refractivity contribution in [3.63, 3.8) is 0 Å². The van der Waals surface area contributed by atoms with Crippen LogP contribution >= 0.6 is 11.6 Å². The summed E-state index contributed by atoms with van der Waals surface area (Å²) in [5.74, 6) is 0.433. The van der Waals surface area contributed by atoms with E-state index in [1.807, 2.05) is 0 Å². The van der Waals surface area contributed by atoms with Gasteiger partial charge in [0, 0.05) is 23.7 Å².